The summed E-state index contributed by atoms with van der Waals surface area (Å²) in [6.07, 6.45) is -1.69. The molecule has 30 heavy (non-hydrogen) atoms. The highest BCUT2D eigenvalue weighted by molar-refractivity contribution is 5.46. The zero-order valence-corrected chi connectivity index (χ0v) is 16.0. The molecule has 1 aliphatic rings. The van der Waals surface area contributed by atoms with Gasteiger partial charge in [0.05, 0.1) is 22.1 Å². The fraction of sp³-hybridized carbons (Fsp3) is 0.273. The van der Waals surface area contributed by atoms with E-state index in [4.69, 9.17) is 0 Å². The summed E-state index contributed by atoms with van der Waals surface area (Å²) in [5, 5.41) is 11.7. The van der Waals surface area contributed by atoms with Gasteiger partial charge in [-0.2, -0.15) is 13.2 Å². The van der Waals surface area contributed by atoms with Crippen molar-refractivity contribution in [2.24, 2.45) is 0 Å². The van der Waals surface area contributed by atoms with Gasteiger partial charge in [0, 0.05) is 37.6 Å². The van der Waals surface area contributed by atoms with Crippen molar-refractivity contribution in [3.05, 3.63) is 99.4 Å². The second kappa shape index (κ2) is 7.95. The third kappa shape index (κ3) is 3.95. The van der Waals surface area contributed by atoms with Gasteiger partial charge in [-0.05, 0) is 30.2 Å². The predicted molar refractivity (Wildman–Crippen MR) is 106 cm³/mol. The number of aryl methyl sites for hydroxylation is 1. The van der Waals surface area contributed by atoms with Crippen molar-refractivity contribution in [3.63, 3.8) is 0 Å². The quantitative estimate of drug-likeness (QED) is 0.423. The van der Waals surface area contributed by atoms with Crippen LogP contribution in [0.4, 0.5) is 18.9 Å². The predicted octanol–water partition coefficient (Wildman–Crippen LogP) is 5.41. The second-order valence-corrected chi connectivity index (χ2v) is 7.37. The molecular weight excluding hydrogens is 395 g/mol. The van der Waals surface area contributed by atoms with Crippen molar-refractivity contribution in [1.82, 2.24) is 9.47 Å². The summed E-state index contributed by atoms with van der Waals surface area (Å²) in [5.41, 5.74) is 1.27. The molecule has 0 unspecified atom stereocenters. The largest absolute Gasteiger partial charge is 0.416 e. The lowest BCUT2D eigenvalue weighted by Crippen LogP contribution is -2.30. The van der Waals surface area contributed by atoms with E-state index in [1.54, 1.807) is 24.3 Å². The highest BCUT2D eigenvalue weighted by Gasteiger charge is 2.33. The van der Waals surface area contributed by atoms with E-state index in [0.29, 0.717) is 17.7 Å². The first-order valence-corrected chi connectivity index (χ1v) is 9.63. The lowest BCUT2D eigenvalue weighted by Gasteiger charge is -2.30. The summed E-state index contributed by atoms with van der Waals surface area (Å²) >= 11 is 0. The molecule has 0 amide bonds. The Bertz CT molecular complexity index is 1060. The normalized spacial score (nSPS) is 17.4. The van der Waals surface area contributed by atoms with Gasteiger partial charge >= 0.3 is 6.18 Å². The van der Waals surface area contributed by atoms with Crippen LogP contribution in [-0.2, 0) is 19.3 Å². The Labute approximate surface area is 171 Å². The number of aromatic nitrogens is 1. The zero-order chi connectivity index (χ0) is 21.3. The molecule has 0 radical (unpaired) electrons. The summed E-state index contributed by atoms with van der Waals surface area (Å²) in [5.74, 6) is 0. The Morgan fingerprint density at radius 1 is 1.03 bits per heavy atom. The van der Waals surface area contributed by atoms with Gasteiger partial charge in [-0.15, -0.1) is 0 Å². The monoisotopic (exact) mass is 415 g/mol. The van der Waals surface area contributed by atoms with Crippen molar-refractivity contribution in [1.29, 1.82) is 0 Å². The van der Waals surface area contributed by atoms with Gasteiger partial charge in [0.2, 0.25) is 0 Å². The third-order valence-corrected chi connectivity index (χ3v) is 5.42. The molecule has 0 fully saturated rings. The van der Waals surface area contributed by atoms with E-state index in [1.807, 2.05) is 23.2 Å². The van der Waals surface area contributed by atoms with Crippen LogP contribution in [0.15, 0.2) is 66.9 Å². The topological polar surface area (TPSA) is 51.3 Å². The Kier molecular flexibility index (Phi) is 5.34. The highest BCUT2D eigenvalue weighted by Crippen LogP contribution is 2.38. The zero-order valence-electron chi connectivity index (χ0n) is 16.0. The molecule has 0 spiro atoms. The van der Waals surface area contributed by atoms with Gasteiger partial charge in [-0.1, -0.05) is 36.4 Å². The van der Waals surface area contributed by atoms with Crippen molar-refractivity contribution >= 4 is 5.69 Å². The first kappa shape index (κ1) is 20.2. The average Bonchev–Trinajstić information content (AvgIpc) is 3.09. The number of alkyl halides is 3. The van der Waals surface area contributed by atoms with Gasteiger partial charge in [0.25, 0.3) is 5.69 Å². The van der Waals surface area contributed by atoms with Crippen LogP contribution in [0.25, 0.3) is 0 Å². The van der Waals surface area contributed by atoms with E-state index < -0.39 is 22.7 Å². The molecule has 5 nitrogen and oxygen atoms in total. The van der Waals surface area contributed by atoms with Crippen LogP contribution in [0, 0.1) is 10.1 Å². The number of rotatable bonds is 4. The van der Waals surface area contributed by atoms with Crippen LogP contribution in [0.1, 0.15) is 34.8 Å². The van der Waals surface area contributed by atoms with Crippen LogP contribution in [0.3, 0.4) is 0 Å². The number of halogens is 3. The van der Waals surface area contributed by atoms with Crippen LogP contribution in [0.2, 0.25) is 0 Å². The lowest BCUT2D eigenvalue weighted by molar-refractivity contribution is -0.385. The standard InChI is InChI=1S/C22H20F3N3O2/c23-22(24,25)17-7-3-6-16(14-17)15-27-13-5-12-26-11-4-10-20(26)21(27)18-8-1-2-9-19(18)28(29)30/h1-4,6-11,14,21H,5,12-13,15H2/t21-/m1/s1. The van der Waals surface area contributed by atoms with E-state index in [0.717, 1.165) is 30.8 Å². The first-order valence-electron chi connectivity index (χ1n) is 9.63. The summed E-state index contributed by atoms with van der Waals surface area (Å²) in [7, 11) is 0. The Morgan fingerprint density at radius 3 is 2.60 bits per heavy atom. The molecule has 0 bridgehead atoms. The summed E-state index contributed by atoms with van der Waals surface area (Å²) in [4.78, 5) is 13.3. The SMILES string of the molecule is O=[N+]([O-])c1ccccc1[C@@H]1c2cccn2CCCN1Cc1cccc(C(F)(F)F)c1. The molecule has 0 saturated heterocycles. The van der Waals surface area contributed by atoms with Gasteiger partial charge in [0.1, 0.15) is 0 Å². The number of benzene rings is 2. The lowest BCUT2D eigenvalue weighted by atomic mass is 9.99. The molecule has 1 aromatic heterocycles. The molecule has 1 atom stereocenters. The molecule has 1 aliphatic heterocycles. The smallest absolute Gasteiger partial charge is 0.350 e. The van der Waals surface area contributed by atoms with E-state index >= 15 is 0 Å². The summed E-state index contributed by atoms with van der Waals surface area (Å²) in [6, 6.07) is 15.2. The van der Waals surface area contributed by atoms with Crippen molar-refractivity contribution < 1.29 is 18.1 Å². The summed E-state index contributed by atoms with van der Waals surface area (Å²) < 4.78 is 41.5. The van der Waals surface area contributed by atoms with E-state index in [2.05, 4.69) is 4.57 Å². The first-order chi connectivity index (χ1) is 14.3. The van der Waals surface area contributed by atoms with E-state index in [-0.39, 0.29) is 12.2 Å². The molecule has 0 aliphatic carbocycles. The number of hydrogen-bond acceptors (Lipinski definition) is 3. The van der Waals surface area contributed by atoms with Gasteiger partial charge < -0.3 is 4.57 Å². The molecule has 156 valence electrons. The maximum Gasteiger partial charge on any atom is 0.416 e. The van der Waals surface area contributed by atoms with Crippen molar-refractivity contribution in [2.75, 3.05) is 6.54 Å². The molecule has 0 saturated carbocycles. The van der Waals surface area contributed by atoms with E-state index in [9.17, 15) is 23.3 Å². The van der Waals surface area contributed by atoms with Crippen LogP contribution in [-0.4, -0.2) is 20.9 Å². The summed E-state index contributed by atoms with van der Waals surface area (Å²) in [6.45, 7) is 1.61. The number of nitro groups is 1. The van der Waals surface area contributed by atoms with Gasteiger partial charge in [-0.25, -0.2) is 0 Å². The number of para-hydroxylation sites is 1. The molecule has 8 heteroatoms. The Morgan fingerprint density at radius 2 is 1.83 bits per heavy atom. The molecule has 2 heterocycles. The highest BCUT2D eigenvalue weighted by atomic mass is 19.4. The fourth-order valence-electron chi connectivity index (χ4n) is 4.13. The number of nitro benzene ring substituents is 1. The molecule has 0 N–H and O–H groups in total. The number of hydrogen-bond donors (Lipinski definition) is 0. The molecule has 4 rings (SSSR count). The minimum Gasteiger partial charge on any atom is -0.350 e. The van der Waals surface area contributed by atoms with Crippen LogP contribution in [0.5, 0.6) is 0 Å². The van der Waals surface area contributed by atoms with Crippen molar-refractivity contribution in [3.8, 4) is 0 Å². The second-order valence-electron chi connectivity index (χ2n) is 7.37. The number of nitrogens with zero attached hydrogens (tertiary/aromatic N) is 3. The van der Waals surface area contributed by atoms with Gasteiger partial charge in [0.15, 0.2) is 0 Å². The maximum atomic E-state index is 13.2. The fourth-order valence-corrected chi connectivity index (χ4v) is 4.13. The Hall–Kier alpha value is -3.13. The average molecular weight is 415 g/mol. The Balaban J connectivity index is 1.78. The number of fused-ring (bicyclic) bond motifs is 1. The van der Waals surface area contributed by atoms with E-state index in [1.165, 1.54) is 12.1 Å². The van der Waals surface area contributed by atoms with Gasteiger partial charge in [-0.3, -0.25) is 15.0 Å². The molecular formula is C22H20F3N3O2. The van der Waals surface area contributed by atoms with Crippen LogP contribution >= 0.6 is 0 Å². The molecule has 3 aromatic rings. The maximum absolute atomic E-state index is 13.2. The molecule has 2 aromatic carbocycles. The minimum absolute atomic E-state index is 0.00573. The van der Waals surface area contributed by atoms with Crippen molar-refractivity contribution in [2.45, 2.75) is 31.7 Å². The van der Waals surface area contributed by atoms with Crippen LogP contribution < -0.4 is 0 Å². The minimum atomic E-state index is -4.42. The third-order valence-electron chi connectivity index (χ3n) is 5.42.